The van der Waals surface area contributed by atoms with E-state index in [1.807, 2.05) is 5.32 Å². The lowest BCUT2D eigenvalue weighted by Crippen LogP contribution is -2.37. The molecule has 0 unspecified atom stereocenters. The molecule has 5 N–H and O–H groups in total. The van der Waals surface area contributed by atoms with E-state index in [4.69, 9.17) is 11.1 Å². The Labute approximate surface area is 147 Å². The van der Waals surface area contributed by atoms with E-state index in [9.17, 15) is 28.3 Å². The number of nitrogens with two attached hydrogens (primary N) is 1. The predicted octanol–water partition coefficient (Wildman–Crippen LogP) is 3.01. The second-order valence-electron chi connectivity index (χ2n) is 5.01. The van der Waals surface area contributed by atoms with Crippen LogP contribution in [0.15, 0.2) is 53.8 Å². The molecule has 136 valence electrons. The molecule has 0 aliphatic carbocycles. The minimum Gasteiger partial charge on any atom is -0.512 e. The zero-order valence-electron chi connectivity index (χ0n) is 13.6. The molecule has 0 saturated heterocycles. The van der Waals surface area contributed by atoms with Crippen LogP contribution in [0.3, 0.4) is 0 Å². The number of rotatable bonds is 4. The smallest absolute Gasteiger partial charge is 0.416 e. The number of benzene rings is 1. The highest BCUT2D eigenvalue weighted by Crippen LogP contribution is 2.33. The first-order valence-corrected chi connectivity index (χ1v) is 7.03. The summed E-state index contributed by atoms with van der Waals surface area (Å²) in [6.45, 7) is 4.58. The molecule has 0 aliphatic heterocycles. The number of hydrogen-bond acceptors (Lipinski definition) is 4. The Balaban J connectivity index is 3.67. The summed E-state index contributed by atoms with van der Waals surface area (Å²) in [5, 5.41) is 28.2. The molecule has 1 aromatic carbocycles. The molecule has 0 heterocycles. The van der Waals surface area contributed by atoms with E-state index in [1.165, 1.54) is 0 Å². The fourth-order valence-corrected chi connectivity index (χ4v) is 2.11. The first-order chi connectivity index (χ1) is 12.0. The van der Waals surface area contributed by atoms with Gasteiger partial charge in [-0.05, 0) is 24.6 Å². The molecular formula is C17H15F3N4O2. The highest BCUT2D eigenvalue weighted by atomic mass is 19.4. The third-order valence-electron chi connectivity index (χ3n) is 3.18. The molecule has 26 heavy (non-hydrogen) atoms. The molecule has 0 radical (unpaired) electrons. The van der Waals surface area contributed by atoms with Gasteiger partial charge >= 0.3 is 6.18 Å². The number of amides is 1. The van der Waals surface area contributed by atoms with Crippen molar-refractivity contribution >= 4 is 17.4 Å². The molecular weight excluding hydrogens is 349 g/mol. The van der Waals surface area contributed by atoms with Gasteiger partial charge in [0.1, 0.15) is 5.76 Å². The predicted molar refractivity (Wildman–Crippen MR) is 89.6 cm³/mol. The first-order valence-electron chi connectivity index (χ1n) is 7.03. The number of allylic oxidation sites excluding steroid dienone is 3. The average molecular weight is 364 g/mol. The normalized spacial score (nSPS) is 13.0. The Kier molecular flexibility index (Phi) is 6.33. The minimum absolute atomic E-state index is 0.0663. The Morgan fingerprint density at radius 1 is 1.38 bits per heavy atom. The van der Waals surface area contributed by atoms with Gasteiger partial charge in [-0.15, -0.1) is 0 Å². The second kappa shape index (κ2) is 8.02. The summed E-state index contributed by atoms with van der Waals surface area (Å²) in [5.41, 5.74) is 3.52. The molecule has 0 bridgehead atoms. The molecule has 1 amide bonds. The quantitative estimate of drug-likeness (QED) is 0.164. The van der Waals surface area contributed by atoms with Crippen LogP contribution in [-0.2, 0) is 11.0 Å². The lowest BCUT2D eigenvalue weighted by atomic mass is 9.91. The van der Waals surface area contributed by atoms with Gasteiger partial charge in [-0.2, -0.15) is 18.4 Å². The van der Waals surface area contributed by atoms with Gasteiger partial charge in [0.25, 0.3) is 5.91 Å². The van der Waals surface area contributed by atoms with Crippen LogP contribution in [0, 0.1) is 16.7 Å². The number of aliphatic hydroxyl groups is 1. The van der Waals surface area contributed by atoms with E-state index in [2.05, 4.69) is 6.58 Å². The van der Waals surface area contributed by atoms with Gasteiger partial charge in [0.2, 0.25) is 0 Å². The van der Waals surface area contributed by atoms with Crippen molar-refractivity contribution in [3.8, 4) is 6.07 Å². The fraction of sp³-hybridized carbons (Fsp3) is 0.118. The highest BCUT2D eigenvalue weighted by Gasteiger charge is 2.30. The summed E-state index contributed by atoms with van der Waals surface area (Å²) in [5.74, 6) is -2.23. The topological polar surface area (TPSA) is 123 Å². The van der Waals surface area contributed by atoms with E-state index < -0.39 is 34.9 Å². The van der Waals surface area contributed by atoms with E-state index in [0.717, 1.165) is 37.3 Å². The molecule has 6 nitrogen and oxygen atoms in total. The maximum absolute atomic E-state index is 12.7. The Hall–Kier alpha value is -3.54. The van der Waals surface area contributed by atoms with Gasteiger partial charge in [0, 0.05) is 5.57 Å². The summed E-state index contributed by atoms with van der Waals surface area (Å²) in [6.07, 6.45) is -3.46. The van der Waals surface area contributed by atoms with Crippen LogP contribution < -0.4 is 11.1 Å². The number of aliphatic hydroxyl groups excluding tert-OH is 1. The van der Waals surface area contributed by atoms with Crippen LogP contribution in [0.4, 0.5) is 13.2 Å². The SMILES string of the molecule is C=C/C(C#N)=C(\C(C(=O)NC(=N)N)=C(/C)O)c1ccc(C(F)(F)F)cc1. The van der Waals surface area contributed by atoms with Gasteiger partial charge < -0.3 is 10.8 Å². The molecule has 1 aromatic rings. The van der Waals surface area contributed by atoms with Gasteiger partial charge in [-0.3, -0.25) is 15.5 Å². The Bertz CT molecular complexity index is 840. The van der Waals surface area contributed by atoms with Crippen LogP contribution in [0.25, 0.3) is 5.57 Å². The van der Waals surface area contributed by atoms with Crippen molar-refractivity contribution in [1.82, 2.24) is 5.32 Å². The van der Waals surface area contributed by atoms with Crippen molar-refractivity contribution in [1.29, 1.82) is 10.7 Å². The van der Waals surface area contributed by atoms with E-state index in [1.54, 1.807) is 6.07 Å². The Morgan fingerprint density at radius 2 is 1.92 bits per heavy atom. The third kappa shape index (κ3) is 4.73. The van der Waals surface area contributed by atoms with Crippen molar-refractivity contribution in [3.05, 3.63) is 65.0 Å². The van der Waals surface area contributed by atoms with Crippen molar-refractivity contribution in [2.45, 2.75) is 13.1 Å². The number of halogens is 3. The van der Waals surface area contributed by atoms with Crippen molar-refractivity contribution in [2.24, 2.45) is 5.73 Å². The molecule has 1 rings (SSSR count). The number of carbonyl (C=O) groups is 1. The number of nitriles is 1. The Morgan fingerprint density at radius 3 is 2.27 bits per heavy atom. The van der Waals surface area contributed by atoms with Crippen molar-refractivity contribution < 1.29 is 23.1 Å². The molecule has 0 spiro atoms. The summed E-state index contributed by atoms with van der Waals surface area (Å²) in [7, 11) is 0. The molecule has 0 fully saturated rings. The maximum atomic E-state index is 12.7. The van der Waals surface area contributed by atoms with Crippen LogP contribution in [0.5, 0.6) is 0 Å². The monoisotopic (exact) mass is 364 g/mol. The summed E-state index contributed by atoms with van der Waals surface area (Å²) in [6, 6.07) is 5.44. The lowest BCUT2D eigenvalue weighted by molar-refractivity contribution is -0.137. The highest BCUT2D eigenvalue weighted by molar-refractivity contribution is 6.15. The van der Waals surface area contributed by atoms with E-state index in [0.29, 0.717) is 0 Å². The van der Waals surface area contributed by atoms with Gasteiger partial charge in [-0.1, -0.05) is 24.8 Å². The lowest BCUT2D eigenvalue weighted by Gasteiger charge is -2.15. The molecule has 9 heteroatoms. The number of nitrogens with zero attached hydrogens (tertiary/aromatic N) is 1. The minimum atomic E-state index is -4.56. The van der Waals surface area contributed by atoms with E-state index in [-0.39, 0.29) is 16.7 Å². The number of alkyl halides is 3. The standard InChI is InChI=1S/C17H15F3N4O2/c1-3-10(8-21)14(13(9(2)25)15(26)24-16(22)23)11-4-6-12(7-5-11)17(18,19)20/h3-7,25H,1H2,2H3,(H4,22,23,24,26)/b13-9-,14-10+. The number of nitrogens with one attached hydrogen (secondary N) is 2. The van der Waals surface area contributed by atoms with Crippen LogP contribution >= 0.6 is 0 Å². The molecule has 0 saturated carbocycles. The van der Waals surface area contributed by atoms with Gasteiger partial charge in [-0.25, -0.2) is 0 Å². The van der Waals surface area contributed by atoms with Crippen LogP contribution in [0.2, 0.25) is 0 Å². The molecule has 0 atom stereocenters. The van der Waals surface area contributed by atoms with Gasteiger partial charge in [0.05, 0.1) is 22.8 Å². The van der Waals surface area contributed by atoms with Gasteiger partial charge in [0.15, 0.2) is 5.96 Å². The number of hydrogen-bond donors (Lipinski definition) is 4. The third-order valence-corrected chi connectivity index (χ3v) is 3.18. The summed E-state index contributed by atoms with van der Waals surface area (Å²) in [4.78, 5) is 12.3. The summed E-state index contributed by atoms with van der Waals surface area (Å²) >= 11 is 0. The zero-order chi connectivity index (χ0) is 20.1. The zero-order valence-corrected chi connectivity index (χ0v) is 13.6. The summed E-state index contributed by atoms with van der Waals surface area (Å²) < 4.78 is 38.2. The van der Waals surface area contributed by atoms with Crippen molar-refractivity contribution in [2.75, 3.05) is 0 Å². The van der Waals surface area contributed by atoms with E-state index >= 15 is 0 Å². The van der Waals surface area contributed by atoms with Crippen LogP contribution in [0.1, 0.15) is 18.1 Å². The fourth-order valence-electron chi connectivity index (χ4n) is 2.11. The first kappa shape index (κ1) is 20.5. The second-order valence-corrected chi connectivity index (χ2v) is 5.01. The average Bonchev–Trinajstić information content (AvgIpc) is 2.53. The molecule has 0 aliphatic rings. The largest absolute Gasteiger partial charge is 0.512 e. The van der Waals surface area contributed by atoms with Crippen molar-refractivity contribution in [3.63, 3.8) is 0 Å². The molecule has 0 aromatic heterocycles. The number of guanidine groups is 1. The maximum Gasteiger partial charge on any atom is 0.416 e. The number of carbonyl (C=O) groups excluding carboxylic acids is 1. The van der Waals surface area contributed by atoms with Crippen LogP contribution in [-0.4, -0.2) is 17.0 Å².